The van der Waals surface area contributed by atoms with Crippen molar-refractivity contribution in [1.82, 2.24) is 9.88 Å². The van der Waals surface area contributed by atoms with E-state index in [4.69, 9.17) is 4.74 Å². The Morgan fingerprint density at radius 2 is 1.79 bits per heavy atom. The fourth-order valence-corrected chi connectivity index (χ4v) is 4.73. The van der Waals surface area contributed by atoms with Gasteiger partial charge in [-0.2, -0.15) is 0 Å². The number of esters is 1. The monoisotopic (exact) mass is 372 g/mol. The number of hydrogen-bond acceptors (Lipinski definition) is 5. The fraction of sp³-hybridized carbons (Fsp3) is 0.381. The second-order valence-electron chi connectivity index (χ2n) is 7.58. The van der Waals surface area contributed by atoms with E-state index in [2.05, 4.69) is 4.98 Å². The summed E-state index contributed by atoms with van der Waals surface area (Å²) in [7, 11) is 0. The fourth-order valence-electron chi connectivity index (χ4n) is 4.73. The molecule has 1 aromatic heterocycles. The molecule has 2 fully saturated rings. The molecule has 0 bridgehead atoms. The molecule has 1 aliphatic carbocycles. The van der Waals surface area contributed by atoms with Gasteiger partial charge in [-0.15, -0.1) is 0 Å². The number of likely N-dealkylation sites (tertiary alicyclic amines) is 1. The Hall–Kier alpha value is -2.13. The molecule has 3 heterocycles. The molecule has 2 aliphatic heterocycles. The predicted molar refractivity (Wildman–Crippen MR) is 96.4 cm³/mol. The van der Waals surface area contributed by atoms with Gasteiger partial charge < -0.3 is 15.1 Å². The van der Waals surface area contributed by atoms with E-state index in [0.29, 0.717) is 25.1 Å². The summed E-state index contributed by atoms with van der Waals surface area (Å²) >= 11 is 0. The molecule has 1 atom stereocenters. The molecule has 1 saturated carbocycles. The summed E-state index contributed by atoms with van der Waals surface area (Å²) in [5, 5.41) is 0. The maximum atomic E-state index is 13.4. The number of ether oxygens (including phenoxy) is 1. The van der Waals surface area contributed by atoms with Crippen LogP contribution < -0.4 is 18.9 Å². The number of hydrogen-bond donors (Lipinski definition) is 0. The Morgan fingerprint density at radius 1 is 1.07 bits per heavy atom. The summed E-state index contributed by atoms with van der Waals surface area (Å²) in [6.45, 7) is 1.06. The molecule has 7 heteroatoms. The van der Waals surface area contributed by atoms with Crippen LogP contribution >= 0.6 is 0 Å². The van der Waals surface area contributed by atoms with Gasteiger partial charge >= 0.3 is 24.8 Å². The van der Waals surface area contributed by atoms with Gasteiger partial charge in [-0.25, -0.2) is 4.79 Å². The molecule has 0 radical (unpaired) electrons. The van der Waals surface area contributed by atoms with Crippen molar-refractivity contribution in [3.8, 4) is 0 Å². The number of rotatable bonds is 2. The number of nitrogens with zero attached hydrogens (tertiary/aromatic N) is 2. The molecule has 6 nitrogen and oxygen atoms in total. The van der Waals surface area contributed by atoms with E-state index in [1.54, 1.807) is 18.5 Å². The molecule has 1 aromatic carbocycles. The molecule has 1 saturated heterocycles. The van der Waals surface area contributed by atoms with Crippen molar-refractivity contribution in [2.24, 2.45) is 0 Å². The first-order valence-corrected chi connectivity index (χ1v) is 9.17. The van der Waals surface area contributed by atoms with Gasteiger partial charge in [0.25, 0.3) is 0 Å². The second kappa shape index (κ2) is 7.36. The summed E-state index contributed by atoms with van der Waals surface area (Å²) in [6, 6.07) is 11.4. The van der Waals surface area contributed by atoms with E-state index in [0.717, 1.165) is 30.4 Å². The topological polar surface area (TPSA) is 89.5 Å². The summed E-state index contributed by atoms with van der Waals surface area (Å²) < 4.78 is 5.79. The Balaban J connectivity index is 0.00000112. The van der Waals surface area contributed by atoms with Crippen LogP contribution in [-0.2, 0) is 20.5 Å². The number of fused-ring (bicyclic) bond motifs is 2. The molecule has 0 unspecified atom stereocenters. The Labute approximate surface area is 175 Å². The zero-order valence-electron chi connectivity index (χ0n) is 15.9. The minimum atomic E-state index is -0.674. The Bertz CT molecular complexity index is 900. The largest absolute Gasteiger partial charge is 1.00 e. The number of carbonyl (C=O) groups is 2. The number of carbonyl (C=O) groups excluding carboxylic acids is 2. The summed E-state index contributed by atoms with van der Waals surface area (Å²) in [4.78, 5) is 31.7. The van der Waals surface area contributed by atoms with Crippen molar-refractivity contribution in [3.63, 3.8) is 0 Å². The third-order valence-electron chi connectivity index (χ3n) is 6.29. The number of benzene rings is 1. The van der Waals surface area contributed by atoms with Gasteiger partial charge in [0.05, 0.1) is 17.5 Å². The van der Waals surface area contributed by atoms with E-state index in [-0.39, 0.29) is 36.2 Å². The zero-order valence-corrected chi connectivity index (χ0v) is 15.9. The first-order chi connectivity index (χ1) is 12.6. The van der Waals surface area contributed by atoms with Crippen LogP contribution in [0.3, 0.4) is 0 Å². The van der Waals surface area contributed by atoms with E-state index in [1.807, 2.05) is 35.2 Å². The molecular weight excluding hydrogens is 351 g/mol. The molecule has 28 heavy (non-hydrogen) atoms. The van der Waals surface area contributed by atoms with Crippen LogP contribution in [0, 0.1) is 0 Å². The second-order valence-corrected chi connectivity index (χ2v) is 7.58. The Kier molecular flexibility index (Phi) is 5.42. The van der Waals surface area contributed by atoms with Crippen molar-refractivity contribution >= 4 is 11.9 Å². The minimum absolute atomic E-state index is 0. The quantitative estimate of drug-likeness (QED) is 0.530. The van der Waals surface area contributed by atoms with E-state index in [9.17, 15) is 9.59 Å². The van der Waals surface area contributed by atoms with E-state index >= 15 is 0 Å². The van der Waals surface area contributed by atoms with Crippen LogP contribution in [0.4, 0.5) is 0 Å². The van der Waals surface area contributed by atoms with Crippen molar-refractivity contribution in [1.29, 1.82) is 0 Å². The maximum absolute atomic E-state index is 13.4. The summed E-state index contributed by atoms with van der Waals surface area (Å²) in [5.74, 6) is -0.116. The smallest absolute Gasteiger partial charge is 0.870 e. The normalized spacial score (nSPS) is 23.9. The van der Waals surface area contributed by atoms with Crippen molar-refractivity contribution in [2.45, 2.75) is 36.7 Å². The van der Waals surface area contributed by atoms with E-state index < -0.39 is 11.0 Å². The molecule has 1 amide bonds. The molecule has 5 rings (SSSR count). The standard InChI is InChI=1S/C21H20N2O3.Li.H2O/c24-18-16-4-1-2-5-17(16)21(26-18)10-13-23(14-21)19(25)20(8-3-9-20)15-6-11-22-12-7-15;;/h1-2,4-7,11-12H,3,8-10,13-14H2;;1H2/q;+1;/p-1/t21-;;/m0../s1. The first kappa shape index (κ1) is 20.6. The molecular formula is C21H21LiN2O4. The van der Waals surface area contributed by atoms with Crippen molar-refractivity contribution in [2.75, 3.05) is 13.1 Å². The average molecular weight is 372 g/mol. The molecule has 3 aliphatic rings. The van der Waals surface area contributed by atoms with Crippen LogP contribution in [0.15, 0.2) is 48.8 Å². The first-order valence-electron chi connectivity index (χ1n) is 9.17. The summed E-state index contributed by atoms with van der Waals surface area (Å²) in [6.07, 6.45) is 6.97. The van der Waals surface area contributed by atoms with Gasteiger partial charge in [-0.1, -0.05) is 24.6 Å². The third-order valence-corrected chi connectivity index (χ3v) is 6.29. The van der Waals surface area contributed by atoms with Crippen LogP contribution in [0.1, 0.15) is 47.2 Å². The minimum Gasteiger partial charge on any atom is -0.870 e. The van der Waals surface area contributed by atoms with Crippen LogP contribution in [-0.4, -0.2) is 40.3 Å². The SMILES string of the molecule is O=C1O[C@]2(CCN(C(=O)C3(c4ccncc4)CCC3)C2)c2ccccc21.[Li+].[OH-]. The zero-order chi connectivity index (χ0) is 17.8. The molecule has 1 spiro atoms. The van der Waals surface area contributed by atoms with Gasteiger partial charge in [0.15, 0.2) is 5.60 Å². The summed E-state index contributed by atoms with van der Waals surface area (Å²) in [5.41, 5.74) is 1.50. The molecule has 1 N–H and O–H groups in total. The van der Waals surface area contributed by atoms with Gasteiger partial charge in [0, 0.05) is 30.9 Å². The number of pyridine rings is 1. The average Bonchev–Trinajstić information content (AvgIpc) is 3.18. The molecule has 140 valence electrons. The van der Waals surface area contributed by atoms with E-state index in [1.165, 1.54) is 0 Å². The third kappa shape index (κ3) is 2.79. The Morgan fingerprint density at radius 3 is 2.46 bits per heavy atom. The van der Waals surface area contributed by atoms with Gasteiger partial charge in [-0.3, -0.25) is 9.78 Å². The van der Waals surface area contributed by atoms with Gasteiger partial charge in [-0.05, 0) is 36.6 Å². The maximum Gasteiger partial charge on any atom is 1.00 e. The number of aromatic nitrogens is 1. The molecule has 2 aromatic rings. The van der Waals surface area contributed by atoms with Crippen LogP contribution in [0.5, 0.6) is 0 Å². The number of amides is 1. The predicted octanol–water partition coefficient (Wildman–Crippen LogP) is -0.371. The van der Waals surface area contributed by atoms with Crippen LogP contribution in [0.2, 0.25) is 0 Å². The van der Waals surface area contributed by atoms with Crippen LogP contribution in [0.25, 0.3) is 0 Å². The van der Waals surface area contributed by atoms with Crippen molar-refractivity contribution in [3.05, 3.63) is 65.5 Å². The van der Waals surface area contributed by atoms with Gasteiger partial charge in [0.1, 0.15) is 0 Å². The van der Waals surface area contributed by atoms with Gasteiger partial charge in [0.2, 0.25) is 5.91 Å². The van der Waals surface area contributed by atoms with Crippen molar-refractivity contribution < 1.29 is 38.7 Å².